The lowest BCUT2D eigenvalue weighted by Crippen LogP contribution is -3.00. The maximum atomic E-state index is 12.7. The van der Waals surface area contributed by atoms with Crippen LogP contribution in [-0.2, 0) is 6.42 Å². The summed E-state index contributed by atoms with van der Waals surface area (Å²) in [6, 6.07) is 4.92. The van der Waals surface area contributed by atoms with Gasteiger partial charge in [-0.3, -0.25) is 0 Å². The van der Waals surface area contributed by atoms with E-state index in [9.17, 15) is 4.39 Å². The van der Waals surface area contributed by atoms with Gasteiger partial charge in [0, 0.05) is 12.0 Å². The van der Waals surface area contributed by atoms with Crippen molar-refractivity contribution in [2.24, 2.45) is 0 Å². The molecule has 0 aliphatic carbocycles. The van der Waals surface area contributed by atoms with E-state index in [2.05, 4.69) is 7.05 Å². The van der Waals surface area contributed by atoms with Crippen molar-refractivity contribution < 1.29 is 9.29 Å². The molecule has 58 valence electrons. The molecule has 11 heavy (non-hydrogen) atoms. The van der Waals surface area contributed by atoms with Crippen LogP contribution in [0, 0.1) is 12.9 Å². The zero-order chi connectivity index (χ0) is 7.84. The van der Waals surface area contributed by atoms with Gasteiger partial charge in [0.25, 0.3) is 0 Å². The Labute approximate surface area is 65.4 Å². The SMILES string of the molecule is [CH2-][NH+]1CCc2cc(F)ccc21. The minimum atomic E-state index is -0.140. The molecule has 1 aromatic rings. The van der Waals surface area contributed by atoms with Gasteiger partial charge in [0.05, 0.1) is 6.54 Å². The zero-order valence-corrected chi connectivity index (χ0v) is 6.23. The van der Waals surface area contributed by atoms with Gasteiger partial charge in [0.2, 0.25) is 0 Å². The minimum absolute atomic E-state index is 0.140. The number of halogens is 1. The van der Waals surface area contributed by atoms with Crippen LogP contribution in [0.3, 0.4) is 0 Å². The molecule has 2 rings (SSSR count). The van der Waals surface area contributed by atoms with Gasteiger partial charge in [-0.15, -0.1) is 7.05 Å². The smallest absolute Gasteiger partial charge is 0.123 e. The molecule has 1 aliphatic heterocycles. The van der Waals surface area contributed by atoms with Crippen LogP contribution in [-0.4, -0.2) is 6.54 Å². The molecular weight excluding hydrogens is 141 g/mol. The highest BCUT2D eigenvalue weighted by Crippen LogP contribution is 2.16. The molecule has 1 atom stereocenters. The molecule has 0 aromatic heterocycles. The van der Waals surface area contributed by atoms with Crippen molar-refractivity contribution in [3.8, 4) is 0 Å². The number of hydrogen-bond donors (Lipinski definition) is 1. The van der Waals surface area contributed by atoms with Crippen LogP contribution in [0.15, 0.2) is 18.2 Å². The lowest BCUT2D eigenvalue weighted by atomic mass is 10.2. The third-order valence-corrected chi connectivity index (χ3v) is 2.14. The quantitative estimate of drug-likeness (QED) is 0.520. The summed E-state index contributed by atoms with van der Waals surface area (Å²) in [5.41, 5.74) is 2.25. The number of nitrogens with one attached hydrogen (secondary N) is 1. The van der Waals surface area contributed by atoms with Crippen molar-refractivity contribution in [2.45, 2.75) is 6.42 Å². The summed E-state index contributed by atoms with van der Waals surface area (Å²) in [6.45, 7) is 0.985. The highest BCUT2D eigenvalue weighted by atomic mass is 19.1. The van der Waals surface area contributed by atoms with Gasteiger partial charge in [0.1, 0.15) is 11.5 Å². The third-order valence-electron chi connectivity index (χ3n) is 2.14. The van der Waals surface area contributed by atoms with E-state index in [-0.39, 0.29) is 5.82 Å². The summed E-state index contributed by atoms with van der Waals surface area (Å²) in [7, 11) is 3.90. The van der Waals surface area contributed by atoms with Crippen LogP contribution in [0.2, 0.25) is 0 Å². The van der Waals surface area contributed by atoms with Gasteiger partial charge in [-0.25, -0.2) is 4.39 Å². The van der Waals surface area contributed by atoms with Crippen molar-refractivity contribution in [1.29, 1.82) is 0 Å². The summed E-state index contributed by atoms with van der Waals surface area (Å²) in [5, 5.41) is 0. The van der Waals surface area contributed by atoms with Gasteiger partial charge >= 0.3 is 0 Å². The normalized spacial score (nSPS) is 21.8. The molecule has 0 radical (unpaired) electrons. The van der Waals surface area contributed by atoms with Gasteiger partial charge < -0.3 is 4.90 Å². The monoisotopic (exact) mass is 151 g/mol. The van der Waals surface area contributed by atoms with E-state index in [1.165, 1.54) is 6.07 Å². The van der Waals surface area contributed by atoms with Crippen LogP contribution >= 0.6 is 0 Å². The Morgan fingerprint density at radius 1 is 1.45 bits per heavy atom. The van der Waals surface area contributed by atoms with Gasteiger partial charge in [-0.2, -0.15) is 0 Å². The highest BCUT2D eigenvalue weighted by molar-refractivity contribution is 5.42. The molecule has 1 nitrogen and oxygen atoms in total. The predicted octanol–water partition coefficient (Wildman–Crippen LogP) is 0.690. The topological polar surface area (TPSA) is 4.44 Å². The Bertz CT molecular complexity index is 283. The van der Waals surface area contributed by atoms with Crippen molar-refractivity contribution in [3.63, 3.8) is 0 Å². The lowest BCUT2D eigenvalue weighted by Gasteiger charge is -2.12. The molecule has 0 saturated heterocycles. The van der Waals surface area contributed by atoms with E-state index in [0.717, 1.165) is 29.1 Å². The average molecular weight is 151 g/mol. The minimum Gasteiger partial charge on any atom is -0.434 e. The summed E-state index contributed by atoms with van der Waals surface area (Å²) >= 11 is 0. The summed E-state index contributed by atoms with van der Waals surface area (Å²) in [6.07, 6.45) is 0.950. The number of hydrogen-bond acceptors (Lipinski definition) is 0. The molecule has 1 N–H and O–H groups in total. The fourth-order valence-corrected chi connectivity index (χ4v) is 1.53. The number of benzene rings is 1. The van der Waals surface area contributed by atoms with E-state index in [4.69, 9.17) is 0 Å². The molecule has 1 aliphatic rings. The molecule has 0 fully saturated rings. The fourth-order valence-electron chi connectivity index (χ4n) is 1.53. The molecule has 0 bridgehead atoms. The second-order valence-electron chi connectivity index (χ2n) is 2.91. The Balaban J connectivity index is 2.50. The van der Waals surface area contributed by atoms with E-state index < -0.39 is 0 Å². The van der Waals surface area contributed by atoms with Crippen molar-refractivity contribution in [1.82, 2.24) is 0 Å². The molecule has 1 unspecified atom stereocenters. The van der Waals surface area contributed by atoms with E-state index in [1.54, 1.807) is 6.07 Å². The van der Waals surface area contributed by atoms with Gasteiger partial charge in [0.15, 0.2) is 0 Å². The van der Waals surface area contributed by atoms with Crippen LogP contribution in [0.1, 0.15) is 5.56 Å². The maximum Gasteiger partial charge on any atom is 0.123 e. The molecular formula is C9H10FN. The molecule has 1 heterocycles. The van der Waals surface area contributed by atoms with Crippen LogP contribution in [0.4, 0.5) is 10.1 Å². The Morgan fingerprint density at radius 3 is 3.09 bits per heavy atom. The summed E-state index contributed by atoms with van der Waals surface area (Å²) in [5.74, 6) is -0.140. The van der Waals surface area contributed by atoms with E-state index in [1.807, 2.05) is 6.07 Å². The summed E-state index contributed by atoms with van der Waals surface area (Å²) in [4.78, 5) is 1.14. The predicted molar refractivity (Wildman–Crippen MR) is 41.0 cm³/mol. The maximum absolute atomic E-state index is 12.7. The highest BCUT2D eigenvalue weighted by Gasteiger charge is 2.16. The first-order valence-electron chi connectivity index (χ1n) is 3.74. The first-order valence-corrected chi connectivity index (χ1v) is 3.74. The largest absolute Gasteiger partial charge is 0.434 e. The summed E-state index contributed by atoms with van der Waals surface area (Å²) < 4.78 is 12.7. The molecule has 0 saturated carbocycles. The average Bonchev–Trinajstić information content (AvgIpc) is 2.32. The van der Waals surface area contributed by atoms with Crippen LogP contribution in [0.25, 0.3) is 0 Å². The Hall–Kier alpha value is -0.890. The van der Waals surface area contributed by atoms with Crippen molar-refractivity contribution in [3.05, 3.63) is 36.6 Å². The van der Waals surface area contributed by atoms with Gasteiger partial charge in [-0.1, -0.05) is 0 Å². The van der Waals surface area contributed by atoms with Crippen LogP contribution in [0.5, 0.6) is 0 Å². The Morgan fingerprint density at radius 2 is 2.27 bits per heavy atom. The first-order chi connectivity index (χ1) is 5.27. The Kier molecular flexibility index (Phi) is 1.43. The number of quaternary nitrogens is 1. The molecule has 2 heteroatoms. The third kappa shape index (κ3) is 1.03. The van der Waals surface area contributed by atoms with Crippen LogP contribution < -0.4 is 4.90 Å². The standard InChI is InChI=1S/C9H10FN/c1-11-5-4-7-6-8(10)2-3-9(7)11/h2-3,6,11H,1,4-5H2. The molecule has 0 spiro atoms. The van der Waals surface area contributed by atoms with Crippen molar-refractivity contribution in [2.75, 3.05) is 6.54 Å². The van der Waals surface area contributed by atoms with E-state index in [0.29, 0.717) is 0 Å². The zero-order valence-electron chi connectivity index (χ0n) is 6.23. The first kappa shape index (κ1) is 6.80. The molecule has 1 aromatic carbocycles. The second-order valence-corrected chi connectivity index (χ2v) is 2.91. The molecule has 0 amide bonds. The van der Waals surface area contributed by atoms with E-state index >= 15 is 0 Å². The number of rotatable bonds is 0. The van der Waals surface area contributed by atoms with Crippen molar-refractivity contribution >= 4 is 5.69 Å². The fraction of sp³-hybridized carbons (Fsp3) is 0.222. The lowest BCUT2D eigenvalue weighted by molar-refractivity contribution is -0.775. The second kappa shape index (κ2) is 2.31. The number of fused-ring (bicyclic) bond motifs is 1. The van der Waals surface area contributed by atoms with Gasteiger partial charge in [-0.05, 0) is 18.2 Å².